The molecule has 1 aromatic heterocycles. The molecule has 1 N–H and O–H groups in total. The van der Waals surface area contributed by atoms with Crippen LogP contribution in [-0.4, -0.2) is 30.2 Å². The van der Waals surface area contributed by atoms with Gasteiger partial charge in [-0.1, -0.05) is 6.07 Å². The third-order valence-electron chi connectivity index (χ3n) is 5.32. The van der Waals surface area contributed by atoms with Gasteiger partial charge in [0, 0.05) is 30.0 Å². The van der Waals surface area contributed by atoms with Crippen molar-refractivity contribution in [3.8, 4) is 17.0 Å². The highest BCUT2D eigenvalue weighted by Crippen LogP contribution is 2.28. The van der Waals surface area contributed by atoms with Gasteiger partial charge < -0.3 is 19.4 Å². The SMILES string of the molecule is CCOC(=O)c1cc(-c2ccc(OC)cc2)n(CCC(=O)Nc2cc(C)cc(C)c2)c1C. The molecule has 6 heteroatoms. The number of methoxy groups -OCH3 is 1. The minimum absolute atomic E-state index is 0.0820. The minimum Gasteiger partial charge on any atom is -0.497 e. The van der Waals surface area contributed by atoms with Crippen LogP contribution >= 0.6 is 0 Å². The highest BCUT2D eigenvalue weighted by molar-refractivity contribution is 5.93. The zero-order chi connectivity index (χ0) is 23.3. The number of amides is 1. The van der Waals surface area contributed by atoms with Crippen molar-refractivity contribution in [3.05, 3.63) is 70.9 Å². The fourth-order valence-corrected chi connectivity index (χ4v) is 3.83. The van der Waals surface area contributed by atoms with Crippen LogP contribution in [0, 0.1) is 20.8 Å². The number of aromatic nitrogens is 1. The predicted molar refractivity (Wildman–Crippen MR) is 126 cm³/mol. The van der Waals surface area contributed by atoms with Crippen molar-refractivity contribution in [2.45, 2.75) is 40.7 Å². The fraction of sp³-hybridized carbons (Fsp3) is 0.308. The Kier molecular flexibility index (Phi) is 7.36. The van der Waals surface area contributed by atoms with Gasteiger partial charge in [0.05, 0.1) is 19.3 Å². The maximum absolute atomic E-state index is 12.7. The van der Waals surface area contributed by atoms with E-state index in [9.17, 15) is 9.59 Å². The molecule has 0 atom stereocenters. The summed E-state index contributed by atoms with van der Waals surface area (Å²) in [5.74, 6) is 0.307. The number of carbonyl (C=O) groups excluding carboxylic acids is 2. The van der Waals surface area contributed by atoms with Crippen molar-refractivity contribution in [3.63, 3.8) is 0 Å². The fourth-order valence-electron chi connectivity index (χ4n) is 3.83. The van der Waals surface area contributed by atoms with E-state index in [0.29, 0.717) is 18.7 Å². The lowest BCUT2D eigenvalue weighted by Crippen LogP contribution is -2.16. The Balaban J connectivity index is 1.86. The Bertz CT molecular complexity index is 1090. The second-order valence-electron chi connectivity index (χ2n) is 7.80. The highest BCUT2D eigenvalue weighted by Gasteiger charge is 2.20. The van der Waals surface area contributed by atoms with Crippen molar-refractivity contribution >= 4 is 17.6 Å². The number of aryl methyl sites for hydroxylation is 2. The summed E-state index contributed by atoms with van der Waals surface area (Å²) in [6, 6.07) is 15.4. The average molecular weight is 435 g/mol. The van der Waals surface area contributed by atoms with E-state index in [2.05, 4.69) is 11.4 Å². The summed E-state index contributed by atoms with van der Waals surface area (Å²) in [6.45, 7) is 8.41. The lowest BCUT2D eigenvalue weighted by Gasteiger charge is -2.13. The normalized spacial score (nSPS) is 10.7. The molecule has 32 heavy (non-hydrogen) atoms. The summed E-state index contributed by atoms with van der Waals surface area (Å²) >= 11 is 0. The molecule has 0 aliphatic heterocycles. The van der Waals surface area contributed by atoms with E-state index < -0.39 is 0 Å². The number of benzene rings is 2. The number of hydrogen-bond donors (Lipinski definition) is 1. The maximum Gasteiger partial charge on any atom is 0.339 e. The molecular formula is C26H30N2O4. The van der Waals surface area contributed by atoms with Gasteiger partial charge in [-0.3, -0.25) is 4.79 Å². The molecule has 0 saturated carbocycles. The molecule has 0 radical (unpaired) electrons. The summed E-state index contributed by atoms with van der Waals surface area (Å²) in [5.41, 5.74) is 6.05. The van der Waals surface area contributed by atoms with Gasteiger partial charge in [-0.05, 0) is 86.8 Å². The van der Waals surface area contributed by atoms with Crippen LogP contribution in [0.25, 0.3) is 11.3 Å². The molecule has 168 valence electrons. The molecule has 2 aromatic carbocycles. The number of anilines is 1. The summed E-state index contributed by atoms with van der Waals surface area (Å²) < 4.78 is 12.5. The second kappa shape index (κ2) is 10.2. The van der Waals surface area contributed by atoms with E-state index in [4.69, 9.17) is 9.47 Å². The summed E-state index contributed by atoms with van der Waals surface area (Å²) in [5, 5.41) is 2.98. The van der Waals surface area contributed by atoms with E-state index in [1.54, 1.807) is 14.0 Å². The largest absolute Gasteiger partial charge is 0.497 e. The number of carbonyl (C=O) groups is 2. The number of esters is 1. The first-order valence-electron chi connectivity index (χ1n) is 10.7. The van der Waals surface area contributed by atoms with Gasteiger partial charge in [0.2, 0.25) is 5.91 Å². The van der Waals surface area contributed by atoms with Crippen LogP contribution < -0.4 is 10.1 Å². The highest BCUT2D eigenvalue weighted by atomic mass is 16.5. The lowest BCUT2D eigenvalue weighted by molar-refractivity contribution is -0.116. The summed E-state index contributed by atoms with van der Waals surface area (Å²) in [4.78, 5) is 25.1. The number of ether oxygens (including phenoxy) is 2. The van der Waals surface area contributed by atoms with Crippen LogP contribution in [0.15, 0.2) is 48.5 Å². The van der Waals surface area contributed by atoms with Gasteiger partial charge in [-0.25, -0.2) is 4.79 Å². The van der Waals surface area contributed by atoms with Crippen LogP contribution in [0.2, 0.25) is 0 Å². The van der Waals surface area contributed by atoms with E-state index in [1.165, 1.54) is 0 Å². The van der Waals surface area contributed by atoms with Crippen LogP contribution in [0.5, 0.6) is 5.75 Å². The summed E-state index contributed by atoms with van der Waals surface area (Å²) in [6.07, 6.45) is 0.272. The van der Waals surface area contributed by atoms with Gasteiger partial charge in [0.25, 0.3) is 0 Å². The quantitative estimate of drug-likeness (QED) is 0.489. The molecule has 3 rings (SSSR count). The maximum atomic E-state index is 12.7. The molecule has 1 heterocycles. The molecule has 0 aliphatic carbocycles. The van der Waals surface area contributed by atoms with Crippen LogP contribution in [0.1, 0.15) is 40.5 Å². The minimum atomic E-state index is -0.363. The van der Waals surface area contributed by atoms with E-state index in [0.717, 1.165) is 39.5 Å². The predicted octanol–water partition coefficient (Wildman–Crippen LogP) is 5.29. The Morgan fingerprint density at radius 1 is 0.969 bits per heavy atom. The third-order valence-corrected chi connectivity index (χ3v) is 5.32. The number of hydrogen-bond acceptors (Lipinski definition) is 4. The Labute approximate surface area is 189 Å². The standard InChI is InChI=1S/C26H30N2O4/c1-6-32-26(30)23-16-24(20-7-9-22(31-5)10-8-20)28(19(23)4)12-11-25(29)27-21-14-17(2)13-18(3)15-21/h7-10,13-16H,6,11-12H2,1-5H3,(H,27,29). The monoisotopic (exact) mass is 434 g/mol. The van der Waals surface area contributed by atoms with Crippen LogP contribution in [0.4, 0.5) is 5.69 Å². The Morgan fingerprint density at radius 2 is 1.62 bits per heavy atom. The number of rotatable bonds is 8. The smallest absolute Gasteiger partial charge is 0.339 e. The van der Waals surface area contributed by atoms with Crippen LogP contribution in [-0.2, 0) is 16.1 Å². The number of nitrogens with zero attached hydrogens (tertiary/aromatic N) is 1. The van der Waals surface area contributed by atoms with E-state index in [-0.39, 0.29) is 18.3 Å². The molecule has 0 fully saturated rings. The molecule has 0 unspecified atom stereocenters. The van der Waals surface area contributed by atoms with Crippen molar-refractivity contribution in [1.82, 2.24) is 4.57 Å². The molecule has 0 aliphatic rings. The molecule has 0 spiro atoms. The lowest BCUT2D eigenvalue weighted by atomic mass is 10.1. The molecular weight excluding hydrogens is 404 g/mol. The second-order valence-corrected chi connectivity index (χ2v) is 7.80. The first-order chi connectivity index (χ1) is 15.3. The Hall–Kier alpha value is -3.54. The zero-order valence-corrected chi connectivity index (χ0v) is 19.3. The van der Waals surface area contributed by atoms with Crippen molar-refractivity contribution < 1.29 is 19.1 Å². The van der Waals surface area contributed by atoms with Crippen LogP contribution in [0.3, 0.4) is 0 Å². The third kappa shape index (κ3) is 5.38. The first-order valence-corrected chi connectivity index (χ1v) is 10.7. The molecule has 1 amide bonds. The van der Waals surface area contributed by atoms with Gasteiger partial charge in [-0.2, -0.15) is 0 Å². The van der Waals surface area contributed by atoms with Gasteiger partial charge in [0.1, 0.15) is 5.75 Å². The Morgan fingerprint density at radius 3 is 2.22 bits per heavy atom. The molecule has 0 bridgehead atoms. The van der Waals surface area contributed by atoms with E-state index >= 15 is 0 Å². The summed E-state index contributed by atoms with van der Waals surface area (Å²) in [7, 11) is 1.62. The first kappa shape index (κ1) is 23.1. The van der Waals surface area contributed by atoms with Gasteiger partial charge in [0.15, 0.2) is 0 Å². The molecule has 6 nitrogen and oxygen atoms in total. The van der Waals surface area contributed by atoms with Crippen molar-refractivity contribution in [2.75, 3.05) is 19.0 Å². The molecule has 3 aromatic rings. The topological polar surface area (TPSA) is 69.6 Å². The van der Waals surface area contributed by atoms with E-state index in [1.807, 2.05) is 67.8 Å². The average Bonchev–Trinajstić information content (AvgIpc) is 3.08. The van der Waals surface area contributed by atoms with Gasteiger partial charge >= 0.3 is 5.97 Å². The van der Waals surface area contributed by atoms with Gasteiger partial charge in [-0.15, -0.1) is 0 Å². The number of nitrogens with one attached hydrogen (secondary N) is 1. The van der Waals surface area contributed by atoms with Crippen molar-refractivity contribution in [1.29, 1.82) is 0 Å². The van der Waals surface area contributed by atoms with Crippen molar-refractivity contribution in [2.24, 2.45) is 0 Å². The zero-order valence-electron chi connectivity index (χ0n) is 19.3. The molecule has 0 saturated heterocycles.